The molecule has 1 aromatic rings. The second-order valence-corrected chi connectivity index (χ2v) is 10.1. The molecule has 1 saturated heterocycles. The van der Waals surface area contributed by atoms with E-state index < -0.39 is 10.0 Å². The smallest absolute Gasteiger partial charge is 0.215 e. The molecule has 0 amide bonds. The maximum Gasteiger partial charge on any atom is 0.215 e. The summed E-state index contributed by atoms with van der Waals surface area (Å²) in [7, 11) is -3.22. The summed E-state index contributed by atoms with van der Waals surface area (Å²) in [5, 5.41) is 4.09. The predicted octanol–water partition coefficient (Wildman–Crippen LogP) is 2.89. The quantitative estimate of drug-likeness (QED) is 0.850. The maximum atomic E-state index is 13.0. The minimum atomic E-state index is -3.22. The molecule has 3 fully saturated rings. The minimum Gasteiger partial charge on any atom is -0.361 e. The number of hydrogen-bond donors (Lipinski definition) is 0. The van der Waals surface area contributed by atoms with Gasteiger partial charge in [0.25, 0.3) is 0 Å². The molecular weight excluding hydrogens is 312 g/mol. The number of rotatable bonds is 3. The van der Waals surface area contributed by atoms with Gasteiger partial charge in [0.2, 0.25) is 10.0 Å². The molecule has 2 heterocycles. The van der Waals surface area contributed by atoms with Gasteiger partial charge >= 0.3 is 0 Å². The number of sulfonamides is 1. The van der Waals surface area contributed by atoms with Crippen LogP contribution in [0.1, 0.15) is 57.1 Å². The van der Waals surface area contributed by atoms with E-state index in [1.54, 1.807) is 4.31 Å². The summed E-state index contributed by atoms with van der Waals surface area (Å²) in [4.78, 5) is 0. The Labute approximate surface area is 138 Å². The Kier molecular flexibility index (Phi) is 3.13. The van der Waals surface area contributed by atoms with Gasteiger partial charge in [-0.25, -0.2) is 8.42 Å². The summed E-state index contributed by atoms with van der Waals surface area (Å²) in [6, 6.07) is 0.153. The molecule has 1 unspecified atom stereocenters. The van der Waals surface area contributed by atoms with E-state index in [0.29, 0.717) is 18.2 Å². The number of aromatic nitrogens is 1. The van der Waals surface area contributed by atoms with Crippen molar-refractivity contribution in [3.05, 3.63) is 17.0 Å². The van der Waals surface area contributed by atoms with Crippen molar-refractivity contribution in [1.82, 2.24) is 9.46 Å². The molecular formula is C17H26N2O3S. The van der Waals surface area contributed by atoms with Crippen molar-refractivity contribution in [2.24, 2.45) is 16.7 Å². The Bertz CT molecular complexity index is 752. The van der Waals surface area contributed by atoms with Crippen LogP contribution >= 0.6 is 0 Å². The highest BCUT2D eigenvalue weighted by atomic mass is 32.2. The third-order valence-corrected chi connectivity index (χ3v) is 9.23. The molecule has 6 heteroatoms. The van der Waals surface area contributed by atoms with Crippen molar-refractivity contribution >= 4 is 10.0 Å². The van der Waals surface area contributed by atoms with Crippen LogP contribution in [-0.4, -0.2) is 29.7 Å². The monoisotopic (exact) mass is 338 g/mol. The number of hydrogen-bond acceptors (Lipinski definition) is 4. The maximum absolute atomic E-state index is 13.0. The van der Waals surface area contributed by atoms with E-state index in [4.69, 9.17) is 4.52 Å². The molecule has 0 N–H and O–H groups in total. The van der Waals surface area contributed by atoms with Crippen LogP contribution in [-0.2, 0) is 23.0 Å². The van der Waals surface area contributed by atoms with Crippen molar-refractivity contribution in [3.63, 3.8) is 0 Å². The van der Waals surface area contributed by atoms with Crippen LogP contribution in [0.25, 0.3) is 0 Å². The zero-order valence-electron chi connectivity index (χ0n) is 14.4. The molecule has 128 valence electrons. The van der Waals surface area contributed by atoms with E-state index in [9.17, 15) is 8.42 Å². The van der Waals surface area contributed by atoms with Gasteiger partial charge in [0, 0.05) is 23.6 Å². The van der Waals surface area contributed by atoms with Gasteiger partial charge < -0.3 is 4.52 Å². The first-order valence-electron chi connectivity index (χ1n) is 8.66. The lowest BCUT2D eigenvalue weighted by Gasteiger charge is -2.37. The van der Waals surface area contributed by atoms with Crippen LogP contribution in [0.2, 0.25) is 0 Å². The third-order valence-electron chi connectivity index (χ3n) is 7.25. The van der Waals surface area contributed by atoms with E-state index in [-0.39, 0.29) is 16.9 Å². The molecule has 3 atom stereocenters. The Hall–Kier alpha value is -0.880. The molecule has 2 aliphatic carbocycles. The van der Waals surface area contributed by atoms with Crippen LogP contribution in [0.5, 0.6) is 0 Å². The number of nitrogens with zero attached hydrogens (tertiary/aromatic N) is 2. The van der Waals surface area contributed by atoms with Crippen molar-refractivity contribution in [2.45, 2.75) is 66.0 Å². The first-order valence-corrected chi connectivity index (χ1v) is 10.3. The highest BCUT2D eigenvalue weighted by Gasteiger charge is 2.71. The second kappa shape index (κ2) is 4.60. The van der Waals surface area contributed by atoms with E-state index >= 15 is 0 Å². The molecule has 0 radical (unpaired) electrons. The number of fused-ring (bicyclic) bond motifs is 1. The molecule has 23 heavy (non-hydrogen) atoms. The van der Waals surface area contributed by atoms with E-state index in [2.05, 4.69) is 19.0 Å². The summed E-state index contributed by atoms with van der Waals surface area (Å²) < 4.78 is 33.0. The molecule has 3 aliphatic rings. The molecule has 5 nitrogen and oxygen atoms in total. The topological polar surface area (TPSA) is 63.4 Å². The fraction of sp³-hybridized carbons (Fsp3) is 0.824. The molecule has 0 aromatic carbocycles. The minimum absolute atomic E-state index is 0.0616. The highest BCUT2D eigenvalue weighted by Crippen LogP contribution is 2.70. The average Bonchev–Trinajstić information content (AvgIpc) is 3.08. The van der Waals surface area contributed by atoms with Crippen LogP contribution in [0.3, 0.4) is 0 Å². The van der Waals surface area contributed by atoms with Crippen molar-refractivity contribution in [1.29, 1.82) is 0 Å². The summed E-state index contributed by atoms with van der Waals surface area (Å²) in [5.41, 5.74) is 1.92. The van der Waals surface area contributed by atoms with Gasteiger partial charge in [0.15, 0.2) is 0 Å². The van der Waals surface area contributed by atoms with E-state index in [0.717, 1.165) is 36.3 Å². The lowest BCUT2D eigenvalue weighted by atomic mass is 9.69. The first-order chi connectivity index (χ1) is 10.7. The molecule has 1 spiro atoms. The molecule has 1 aliphatic heterocycles. The van der Waals surface area contributed by atoms with Gasteiger partial charge in [-0.1, -0.05) is 25.9 Å². The zero-order chi connectivity index (χ0) is 16.6. The van der Waals surface area contributed by atoms with E-state index in [1.807, 2.05) is 13.8 Å². The average molecular weight is 338 g/mol. The standard InChI is InChI=1S/C17H26N2O3S/c1-5-14-13(11(2)22-18-14)9-19-15-8-12-6-7-17(15,16(12,3)4)10-23(19,20)21/h12,15H,5-10H2,1-4H3/t12-,15-,17?/m1/s1. The van der Waals surface area contributed by atoms with Gasteiger partial charge in [0.1, 0.15) is 5.76 Å². The van der Waals surface area contributed by atoms with Crippen molar-refractivity contribution < 1.29 is 12.9 Å². The summed E-state index contributed by atoms with van der Waals surface area (Å²) >= 11 is 0. The molecule has 2 bridgehead atoms. The SMILES string of the molecule is CCc1noc(C)c1CN1[C@@H]2C[C@H]3CCC2(CS1(=O)=O)C3(C)C. The van der Waals surface area contributed by atoms with Gasteiger partial charge in [-0.15, -0.1) is 0 Å². The van der Waals surface area contributed by atoms with E-state index in [1.165, 1.54) is 6.42 Å². The fourth-order valence-electron chi connectivity index (χ4n) is 5.66. The van der Waals surface area contributed by atoms with Gasteiger partial charge in [-0.3, -0.25) is 0 Å². The van der Waals surface area contributed by atoms with Gasteiger partial charge in [-0.2, -0.15) is 4.31 Å². The molecule has 4 rings (SSSR count). The van der Waals surface area contributed by atoms with Crippen LogP contribution in [0.4, 0.5) is 0 Å². The largest absolute Gasteiger partial charge is 0.361 e. The van der Waals surface area contributed by atoms with Crippen LogP contribution in [0.15, 0.2) is 4.52 Å². The Balaban J connectivity index is 1.74. The van der Waals surface area contributed by atoms with Gasteiger partial charge in [0.05, 0.1) is 11.4 Å². The molecule has 2 saturated carbocycles. The van der Waals surface area contributed by atoms with Crippen LogP contribution in [0, 0.1) is 23.7 Å². The lowest BCUT2D eigenvalue weighted by Crippen LogP contribution is -2.41. The van der Waals surface area contributed by atoms with Gasteiger partial charge in [-0.05, 0) is 43.9 Å². The fourth-order valence-corrected chi connectivity index (χ4v) is 8.18. The van der Waals surface area contributed by atoms with Crippen LogP contribution < -0.4 is 0 Å². The predicted molar refractivity (Wildman–Crippen MR) is 87.3 cm³/mol. The van der Waals surface area contributed by atoms with Crippen molar-refractivity contribution in [2.75, 3.05) is 5.75 Å². The number of aryl methyl sites for hydroxylation is 2. The third kappa shape index (κ3) is 1.82. The summed E-state index contributed by atoms with van der Waals surface area (Å²) in [5.74, 6) is 1.72. The summed E-state index contributed by atoms with van der Waals surface area (Å²) in [6.07, 6.45) is 4.01. The second-order valence-electron chi connectivity index (χ2n) is 8.18. The van der Waals surface area contributed by atoms with Crippen molar-refractivity contribution in [3.8, 4) is 0 Å². The Morgan fingerprint density at radius 2 is 2.13 bits per heavy atom. The lowest BCUT2D eigenvalue weighted by molar-refractivity contribution is 0.112. The first kappa shape index (κ1) is 15.6. The zero-order valence-corrected chi connectivity index (χ0v) is 15.2. The highest BCUT2D eigenvalue weighted by molar-refractivity contribution is 7.89. The molecule has 1 aromatic heterocycles. The summed E-state index contributed by atoms with van der Waals surface area (Å²) in [6.45, 7) is 8.90. The Morgan fingerprint density at radius 1 is 1.39 bits per heavy atom. The Morgan fingerprint density at radius 3 is 2.78 bits per heavy atom. The normalized spacial score (nSPS) is 37.4.